The second-order valence-corrected chi connectivity index (χ2v) is 8.96. The molecule has 0 aliphatic carbocycles. The summed E-state index contributed by atoms with van der Waals surface area (Å²) < 4.78 is 31.9. The molecular formula is C20H26N2O4S. The number of alkyl carbamates (subject to hydrolysis) is 1. The predicted octanol–water partition coefficient (Wildman–Crippen LogP) is 3.69. The van der Waals surface area contributed by atoms with Gasteiger partial charge in [-0.25, -0.2) is 17.9 Å². The molecule has 27 heavy (non-hydrogen) atoms. The molecule has 0 radical (unpaired) electrons. The van der Waals surface area contributed by atoms with Gasteiger partial charge in [0.1, 0.15) is 5.60 Å². The minimum atomic E-state index is -3.62. The van der Waals surface area contributed by atoms with Gasteiger partial charge in [0.2, 0.25) is 10.0 Å². The van der Waals surface area contributed by atoms with Crippen molar-refractivity contribution in [3.8, 4) is 0 Å². The van der Waals surface area contributed by atoms with Crippen molar-refractivity contribution in [1.29, 1.82) is 0 Å². The van der Waals surface area contributed by atoms with Gasteiger partial charge in [0, 0.05) is 18.0 Å². The van der Waals surface area contributed by atoms with E-state index in [0.717, 1.165) is 21.7 Å². The quantitative estimate of drug-likeness (QED) is 0.788. The summed E-state index contributed by atoms with van der Waals surface area (Å²) in [5, 5.41) is 5.77. The maximum atomic E-state index is 12.1. The maximum absolute atomic E-state index is 12.1. The Hall–Kier alpha value is -2.38. The van der Waals surface area contributed by atoms with Gasteiger partial charge in [0.25, 0.3) is 0 Å². The van der Waals surface area contributed by atoms with Crippen LogP contribution in [0.1, 0.15) is 33.3 Å². The van der Waals surface area contributed by atoms with Crippen LogP contribution < -0.4 is 10.0 Å². The SMILES string of the molecule is C[C@@H](/C=C/S(=O)(=O)NCc1ccc2ccccc2c1)NC(=O)OC(C)(C)C. The molecule has 2 aromatic rings. The van der Waals surface area contributed by atoms with Crippen molar-refractivity contribution in [2.75, 3.05) is 0 Å². The molecule has 0 bridgehead atoms. The summed E-state index contributed by atoms with van der Waals surface area (Å²) in [6, 6.07) is 13.2. The Morgan fingerprint density at radius 2 is 1.81 bits per heavy atom. The maximum Gasteiger partial charge on any atom is 0.408 e. The number of rotatable bonds is 6. The van der Waals surface area contributed by atoms with E-state index in [-0.39, 0.29) is 6.54 Å². The van der Waals surface area contributed by atoms with Crippen LogP contribution >= 0.6 is 0 Å². The monoisotopic (exact) mass is 390 g/mol. The molecule has 0 spiro atoms. The van der Waals surface area contributed by atoms with Gasteiger partial charge in [0.15, 0.2) is 0 Å². The van der Waals surface area contributed by atoms with Crippen LogP contribution in [0.4, 0.5) is 4.79 Å². The lowest BCUT2D eigenvalue weighted by molar-refractivity contribution is 0.0518. The summed E-state index contributed by atoms with van der Waals surface area (Å²) in [4.78, 5) is 11.7. The molecule has 2 aromatic carbocycles. The van der Waals surface area contributed by atoms with Crippen molar-refractivity contribution in [3.05, 3.63) is 59.5 Å². The third-order valence-electron chi connectivity index (χ3n) is 3.58. The van der Waals surface area contributed by atoms with Gasteiger partial charge in [0.05, 0.1) is 0 Å². The summed E-state index contributed by atoms with van der Waals surface area (Å²) in [6.45, 7) is 7.13. The first-order valence-corrected chi connectivity index (χ1v) is 10.2. The normalized spacial score (nSPS) is 13.6. The van der Waals surface area contributed by atoms with Crippen molar-refractivity contribution < 1.29 is 17.9 Å². The summed E-state index contributed by atoms with van der Waals surface area (Å²) in [6.07, 6.45) is 0.799. The minimum Gasteiger partial charge on any atom is -0.444 e. The molecule has 0 saturated heterocycles. The molecule has 2 N–H and O–H groups in total. The highest BCUT2D eigenvalue weighted by Gasteiger charge is 2.17. The minimum absolute atomic E-state index is 0.186. The Labute approximate surface area is 160 Å². The number of carbonyl (C=O) groups is 1. The first-order valence-electron chi connectivity index (χ1n) is 8.69. The lowest BCUT2D eigenvalue weighted by atomic mass is 10.1. The first kappa shape index (κ1) is 20.9. The lowest BCUT2D eigenvalue weighted by Crippen LogP contribution is -2.37. The number of hydrogen-bond acceptors (Lipinski definition) is 4. The van der Waals surface area contributed by atoms with Crippen LogP contribution in [-0.2, 0) is 21.3 Å². The largest absolute Gasteiger partial charge is 0.444 e. The molecule has 0 aliphatic heterocycles. The highest BCUT2D eigenvalue weighted by Crippen LogP contribution is 2.15. The fourth-order valence-electron chi connectivity index (χ4n) is 2.34. The van der Waals surface area contributed by atoms with Crippen LogP contribution in [0, 0.1) is 0 Å². The summed E-state index contributed by atoms with van der Waals surface area (Å²) in [5.74, 6) is 0. The van der Waals surface area contributed by atoms with Crippen LogP contribution in [0.3, 0.4) is 0 Å². The molecule has 0 unspecified atom stereocenters. The highest BCUT2D eigenvalue weighted by atomic mass is 32.2. The molecule has 0 heterocycles. The van der Waals surface area contributed by atoms with E-state index in [4.69, 9.17) is 4.74 Å². The molecule has 1 amide bonds. The number of benzene rings is 2. The topological polar surface area (TPSA) is 84.5 Å². The van der Waals surface area contributed by atoms with Crippen molar-refractivity contribution in [2.24, 2.45) is 0 Å². The zero-order valence-corrected chi connectivity index (χ0v) is 16.8. The average molecular weight is 391 g/mol. The van der Waals surface area contributed by atoms with Gasteiger partial charge in [-0.2, -0.15) is 0 Å². The van der Waals surface area contributed by atoms with Crippen molar-refractivity contribution in [3.63, 3.8) is 0 Å². The van der Waals surface area contributed by atoms with E-state index in [1.807, 2.05) is 42.5 Å². The van der Waals surface area contributed by atoms with E-state index in [1.54, 1.807) is 27.7 Å². The van der Waals surface area contributed by atoms with E-state index in [9.17, 15) is 13.2 Å². The lowest BCUT2D eigenvalue weighted by Gasteiger charge is -2.20. The van der Waals surface area contributed by atoms with Gasteiger partial charge < -0.3 is 10.1 Å². The second-order valence-electron chi connectivity index (χ2n) is 7.31. The van der Waals surface area contributed by atoms with E-state index in [0.29, 0.717) is 0 Å². The summed E-state index contributed by atoms with van der Waals surface area (Å²) in [7, 11) is -3.62. The van der Waals surface area contributed by atoms with E-state index >= 15 is 0 Å². The molecule has 0 saturated carbocycles. The molecule has 2 rings (SSSR count). The van der Waals surface area contributed by atoms with E-state index < -0.39 is 27.8 Å². The smallest absolute Gasteiger partial charge is 0.408 e. The molecule has 146 valence electrons. The number of ether oxygens (including phenoxy) is 1. The fourth-order valence-corrected chi connectivity index (χ4v) is 3.25. The zero-order valence-electron chi connectivity index (χ0n) is 16.0. The fraction of sp³-hybridized carbons (Fsp3) is 0.350. The Morgan fingerprint density at radius 3 is 2.48 bits per heavy atom. The standard InChI is InChI=1S/C20H26N2O4S/c1-15(22-19(23)26-20(2,3)4)11-12-27(24,25)21-14-16-9-10-17-7-5-6-8-18(17)13-16/h5-13,15,21H,14H2,1-4H3,(H,22,23)/b12-11+/t15-/m0/s1. The predicted molar refractivity (Wildman–Crippen MR) is 108 cm³/mol. The Kier molecular flexibility index (Phi) is 6.62. The molecule has 0 fully saturated rings. The van der Waals surface area contributed by atoms with Crippen LogP contribution in [0.25, 0.3) is 10.8 Å². The third kappa shape index (κ3) is 7.40. The van der Waals surface area contributed by atoms with Crippen molar-refractivity contribution in [2.45, 2.75) is 45.9 Å². The van der Waals surface area contributed by atoms with Gasteiger partial charge >= 0.3 is 6.09 Å². The van der Waals surface area contributed by atoms with Gasteiger partial charge in [-0.15, -0.1) is 0 Å². The number of nitrogens with one attached hydrogen (secondary N) is 2. The van der Waals surface area contributed by atoms with E-state index in [2.05, 4.69) is 10.0 Å². The number of carbonyl (C=O) groups excluding carboxylic acids is 1. The van der Waals surface area contributed by atoms with Gasteiger partial charge in [-0.1, -0.05) is 36.4 Å². The Balaban J connectivity index is 1.91. The van der Waals surface area contributed by atoms with Crippen LogP contribution in [0.2, 0.25) is 0 Å². The number of amides is 1. The molecule has 6 nitrogen and oxygen atoms in total. The van der Waals surface area contributed by atoms with Crippen LogP contribution in [0.15, 0.2) is 53.9 Å². The molecule has 0 aromatic heterocycles. The molecular weight excluding hydrogens is 364 g/mol. The van der Waals surface area contributed by atoms with Crippen molar-refractivity contribution in [1.82, 2.24) is 10.0 Å². The third-order valence-corrected chi connectivity index (χ3v) is 4.64. The number of fused-ring (bicyclic) bond motifs is 1. The van der Waals surface area contributed by atoms with Crippen LogP contribution in [0.5, 0.6) is 0 Å². The number of sulfonamides is 1. The van der Waals surface area contributed by atoms with Crippen LogP contribution in [-0.4, -0.2) is 26.2 Å². The summed E-state index contributed by atoms with van der Waals surface area (Å²) >= 11 is 0. The van der Waals surface area contributed by atoms with Gasteiger partial charge in [-0.05, 0) is 56.2 Å². The zero-order chi connectivity index (χ0) is 20.1. The number of hydrogen-bond donors (Lipinski definition) is 2. The highest BCUT2D eigenvalue weighted by molar-refractivity contribution is 7.92. The van der Waals surface area contributed by atoms with E-state index in [1.165, 1.54) is 6.08 Å². The van der Waals surface area contributed by atoms with Crippen molar-refractivity contribution >= 4 is 26.9 Å². The van der Waals surface area contributed by atoms with Gasteiger partial charge in [-0.3, -0.25) is 0 Å². The molecule has 1 atom stereocenters. The summed E-state index contributed by atoms with van der Waals surface area (Å²) in [5.41, 5.74) is 0.256. The average Bonchev–Trinajstić information content (AvgIpc) is 2.56. The first-order chi connectivity index (χ1) is 12.5. The second kappa shape index (κ2) is 8.54. The molecule has 0 aliphatic rings. The Morgan fingerprint density at radius 1 is 1.15 bits per heavy atom. The Bertz CT molecular complexity index is 930. The molecule has 7 heteroatoms.